The molecule has 53 heavy (non-hydrogen) atoms. The number of aliphatic hydroxyl groups excluding tert-OH is 1. The average molecular weight is 823 g/mol. The number of rotatable bonds is 8. The van der Waals surface area contributed by atoms with E-state index in [-0.39, 0.29) is 34.8 Å². The molecule has 2 bridgehead atoms. The van der Waals surface area contributed by atoms with Crippen LogP contribution in [0, 0.1) is 5.92 Å². The minimum Gasteiger partial charge on any atom is -0.387 e. The number of imidazole rings is 1. The molecule has 20 nitrogen and oxygen atoms in total. The van der Waals surface area contributed by atoms with Crippen molar-refractivity contribution in [1.29, 1.82) is 0 Å². The smallest absolute Gasteiger partial charge is 0.386 e. The van der Waals surface area contributed by atoms with Gasteiger partial charge in [-0.1, -0.05) is 38.9 Å². The SMILES string of the molecule is CCCC(CCC)C(=O)Nc1ccn([C@@H]2C3O[C@@H]4COP(O)(=S)OC5C(O)[C@@H](COP(=O)(S)OC4C32F)O[C@H]5n2cnc3c(=O)[nH]c(N)nc32)c(=O)n1. The molecule has 11 atom stereocenters. The lowest BCUT2D eigenvalue weighted by atomic mass is 9.97. The summed E-state index contributed by atoms with van der Waals surface area (Å²) in [6.45, 7) is -6.21. The highest BCUT2D eigenvalue weighted by Crippen LogP contribution is 2.67. The average Bonchev–Trinajstić information content (AvgIpc) is 3.34. The number of amides is 1. The summed E-state index contributed by atoms with van der Waals surface area (Å²) in [5, 5.41) is 13.9. The Bertz CT molecular complexity index is 2120. The summed E-state index contributed by atoms with van der Waals surface area (Å²) in [4.78, 5) is 63.8. The summed E-state index contributed by atoms with van der Waals surface area (Å²) in [6, 6.07) is 0.0489. The third-order valence-corrected chi connectivity index (χ3v) is 12.7. The summed E-state index contributed by atoms with van der Waals surface area (Å²) in [7, 11) is 0. The van der Waals surface area contributed by atoms with Crippen molar-refractivity contribution < 1.29 is 51.3 Å². The van der Waals surface area contributed by atoms with Crippen LogP contribution in [0.1, 0.15) is 51.8 Å². The number of nitrogens with one attached hydrogen (secondary N) is 2. The number of anilines is 2. The van der Waals surface area contributed by atoms with Crippen LogP contribution in [0.15, 0.2) is 28.2 Å². The van der Waals surface area contributed by atoms with E-state index in [9.17, 15) is 28.9 Å². The molecule has 6 N–H and O–H groups in total. The fourth-order valence-electron chi connectivity index (χ4n) is 7.06. The maximum atomic E-state index is 16.9. The highest BCUT2D eigenvalue weighted by molar-refractivity contribution is 8.44. The number of ether oxygens (including phenoxy) is 2. The van der Waals surface area contributed by atoms with Gasteiger partial charge in [-0.2, -0.15) is 9.97 Å². The molecular weight excluding hydrogens is 785 g/mol. The first-order valence-electron chi connectivity index (χ1n) is 16.7. The van der Waals surface area contributed by atoms with E-state index in [1.807, 2.05) is 13.8 Å². The van der Waals surface area contributed by atoms with Crippen LogP contribution in [0.5, 0.6) is 0 Å². The molecule has 7 rings (SSSR count). The molecular formula is C28H37FN8O12P2S2. The zero-order valence-corrected chi connectivity index (χ0v) is 31.6. The minimum absolute atomic E-state index is 0.00382. The van der Waals surface area contributed by atoms with Gasteiger partial charge in [0.2, 0.25) is 11.9 Å². The van der Waals surface area contributed by atoms with Crippen LogP contribution in [0.25, 0.3) is 11.2 Å². The van der Waals surface area contributed by atoms with E-state index >= 15 is 4.39 Å². The first-order chi connectivity index (χ1) is 25.1. The number of nitrogens with zero attached hydrogens (tertiary/aromatic N) is 5. The Morgan fingerprint density at radius 3 is 2.58 bits per heavy atom. The number of H-pyrrole nitrogens is 1. The van der Waals surface area contributed by atoms with Gasteiger partial charge < -0.3 is 35.0 Å². The zero-order valence-electron chi connectivity index (χ0n) is 28.1. The van der Waals surface area contributed by atoms with Crippen molar-refractivity contribution in [3.05, 3.63) is 39.4 Å². The van der Waals surface area contributed by atoms with Gasteiger partial charge in [0, 0.05) is 12.1 Å². The van der Waals surface area contributed by atoms with Gasteiger partial charge in [-0.3, -0.25) is 37.3 Å². The van der Waals surface area contributed by atoms with Gasteiger partial charge in [0.25, 0.3) is 5.56 Å². The number of nitrogen functional groups attached to an aromatic ring is 1. The van der Waals surface area contributed by atoms with Gasteiger partial charge in [-0.05, 0) is 30.7 Å². The standard InChI is InChI=1S/C28H37FN8O12P2S2/c1-3-5-12(6-4-2)23(39)32-15-7-8-36(27(41)33-15)19-21-28(19,29)20-14(46-21)10-45-50(42,52)48-18-17(38)13(9-44-51(43,53)49-20)47-25(18)37-11-31-16-22(37)34-26(30)35-24(16)40/h7-8,11-14,17-21,25,38H,3-6,9-10H2,1-2H3,(H,42,52)(H,43,53)(H3,30,34,35,40)(H,32,33,39,41)/t13-,14-,17?,18?,19-,20?,21?,25-,28?,50?,51?/m1/s1. The quantitative estimate of drug-likeness (QED) is 0.139. The molecule has 7 unspecified atom stereocenters. The maximum Gasteiger partial charge on any atom is 0.386 e. The van der Waals surface area contributed by atoms with E-state index in [4.69, 9.17) is 45.1 Å². The molecule has 4 fully saturated rings. The molecule has 1 aliphatic carbocycles. The Hall–Kier alpha value is -2.66. The predicted octanol–water partition coefficient (Wildman–Crippen LogP) is 1.47. The van der Waals surface area contributed by atoms with Gasteiger partial charge in [0.05, 0.1) is 19.5 Å². The van der Waals surface area contributed by atoms with Crippen LogP contribution in [0.4, 0.5) is 16.2 Å². The van der Waals surface area contributed by atoms with Crippen LogP contribution >= 0.6 is 25.8 Å². The second kappa shape index (κ2) is 14.4. The Morgan fingerprint density at radius 2 is 1.89 bits per heavy atom. The fraction of sp³-hybridized carbons (Fsp3) is 0.643. The fourth-order valence-corrected chi connectivity index (χ4v) is 9.96. The number of fused-ring (bicyclic) bond motifs is 6. The van der Waals surface area contributed by atoms with Gasteiger partial charge in [-0.25, -0.2) is 18.7 Å². The summed E-state index contributed by atoms with van der Waals surface area (Å²) < 4.78 is 66.9. The van der Waals surface area contributed by atoms with Crippen molar-refractivity contribution in [2.45, 2.75) is 94.1 Å². The van der Waals surface area contributed by atoms with Crippen LogP contribution in [0.2, 0.25) is 0 Å². The summed E-state index contributed by atoms with van der Waals surface area (Å²) in [5.74, 6) is -0.779. The van der Waals surface area contributed by atoms with Crippen molar-refractivity contribution >= 4 is 66.4 Å². The number of halogens is 1. The second-order valence-electron chi connectivity index (χ2n) is 13.1. The number of carbonyl (C=O) groups is 1. The van der Waals surface area contributed by atoms with Crippen LogP contribution < -0.4 is 22.3 Å². The molecule has 3 aromatic rings. The molecule has 4 aliphatic rings. The molecule has 0 radical (unpaired) electrons. The molecule has 3 saturated heterocycles. The van der Waals surface area contributed by atoms with Crippen molar-refractivity contribution in [1.82, 2.24) is 29.1 Å². The molecule has 3 aliphatic heterocycles. The van der Waals surface area contributed by atoms with Gasteiger partial charge >= 0.3 is 19.2 Å². The van der Waals surface area contributed by atoms with Gasteiger partial charge in [0.15, 0.2) is 23.1 Å². The van der Waals surface area contributed by atoms with E-state index in [0.29, 0.717) is 12.8 Å². The zero-order chi connectivity index (χ0) is 38.0. The summed E-state index contributed by atoms with van der Waals surface area (Å²) >= 11 is 9.28. The number of aromatic nitrogens is 6. The topological polar surface area (TPSA) is 266 Å². The molecule has 0 spiro atoms. The Kier molecular flexibility index (Phi) is 10.5. The Morgan fingerprint density at radius 1 is 1.17 bits per heavy atom. The molecule has 6 heterocycles. The molecule has 0 aromatic carbocycles. The van der Waals surface area contributed by atoms with E-state index in [2.05, 4.69) is 37.5 Å². The van der Waals surface area contributed by atoms with Crippen molar-refractivity contribution in [3.8, 4) is 0 Å². The normalized spacial score (nSPS) is 37.0. The molecule has 25 heteroatoms. The molecule has 1 saturated carbocycles. The van der Waals surface area contributed by atoms with Crippen molar-refractivity contribution in [2.24, 2.45) is 5.92 Å². The number of carbonyl (C=O) groups excluding carboxylic acids is 1. The number of aliphatic hydroxyl groups is 1. The van der Waals surface area contributed by atoms with Gasteiger partial charge in [-0.15, -0.1) is 0 Å². The Labute approximate surface area is 309 Å². The lowest BCUT2D eigenvalue weighted by Crippen LogP contribution is -2.41. The van der Waals surface area contributed by atoms with E-state index in [1.54, 1.807) is 0 Å². The predicted molar refractivity (Wildman–Crippen MR) is 189 cm³/mol. The minimum atomic E-state index is -4.51. The van der Waals surface area contributed by atoms with Crippen LogP contribution in [-0.4, -0.2) is 100 Å². The van der Waals surface area contributed by atoms with Crippen molar-refractivity contribution in [2.75, 3.05) is 24.3 Å². The first kappa shape index (κ1) is 38.6. The largest absolute Gasteiger partial charge is 0.387 e. The highest BCUT2D eigenvalue weighted by Gasteiger charge is 2.81. The third kappa shape index (κ3) is 7.27. The number of alkyl halides is 1. The summed E-state index contributed by atoms with van der Waals surface area (Å²) in [6.07, 6.45) is -4.90. The van der Waals surface area contributed by atoms with Gasteiger partial charge in [0.1, 0.15) is 48.5 Å². The molecule has 290 valence electrons. The monoisotopic (exact) mass is 822 g/mol. The van der Waals surface area contributed by atoms with Crippen LogP contribution in [-0.2, 0) is 48.7 Å². The second-order valence-corrected chi connectivity index (χ2v) is 18.8. The number of thiol groups is 1. The number of aromatic amines is 1. The lowest BCUT2D eigenvalue weighted by Gasteiger charge is -2.30. The van der Waals surface area contributed by atoms with E-state index < -0.39 is 92.5 Å². The Balaban J connectivity index is 1.11. The first-order valence-corrected chi connectivity index (χ1v) is 22.0. The molecule has 1 amide bonds. The van der Waals surface area contributed by atoms with E-state index in [0.717, 1.165) is 17.4 Å². The lowest BCUT2D eigenvalue weighted by molar-refractivity contribution is -0.120. The number of hydrogen-bond acceptors (Lipinski definition) is 16. The van der Waals surface area contributed by atoms with E-state index in [1.165, 1.54) is 23.2 Å². The maximum absolute atomic E-state index is 16.9. The number of nitrogens with two attached hydrogens (primary N) is 1. The van der Waals surface area contributed by atoms with Crippen molar-refractivity contribution in [3.63, 3.8) is 0 Å². The summed E-state index contributed by atoms with van der Waals surface area (Å²) in [5.41, 5.74) is 1.50. The number of hydrogen-bond donors (Lipinski definition) is 6. The third-order valence-electron chi connectivity index (χ3n) is 9.53. The highest BCUT2D eigenvalue weighted by atomic mass is 32.7. The van der Waals surface area contributed by atoms with Crippen LogP contribution in [0.3, 0.4) is 0 Å². The molecule has 3 aromatic heterocycles.